The first kappa shape index (κ1) is 14.5. The van der Waals surface area contributed by atoms with E-state index in [1.807, 2.05) is 12.1 Å². The van der Waals surface area contributed by atoms with E-state index in [4.69, 9.17) is 9.47 Å². The van der Waals surface area contributed by atoms with Gasteiger partial charge >= 0.3 is 11.9 Å². The van der Waals surface area contributed by atoms with Crippen LogP contribution in [-0.2, 0) is 20.7 Å². The van der Waals surface area contributed by atoms with E-state index >= 15 is 0 Å². The second kappa shape index (κ2) is 5.63. The van der Waals surface area contributed by atoms with Crippen molar-refractivity contribution in [1.29, 1.82) is 0 Å². The molecule has 1 aliphatic rings. The molecule has 1 heterocycles. The molecular formula is C15H18O5. The topological polar surface area (TPSA) is 72.8 Å². The second-order valence-electron chi connectivity index (χ2n) is 5.09. The molecule has 20 heavy (non-hydrogen) atoms. The number of fused-ring (bicyclic) bond motifs is 1. The standard InChI is InChI=1S/C15H18O5/c1-3-19-13(16)9-15(2,18)12-8-10-6-4-5-7-11(10)14(17)20-12/h4-7,12,18H,3,8-9H2,1-2H3/t12-,15+/m1/s1. The lowest BCUT2D eigenvalue weighted by Crippen LogP contribution is -2.47. The fraction of sp³-hybridized carbons (Fsp3) is 0.467. The highest BCUT2D eigenvalue weighted by Crippen LogP contribution is 2.28. The molecule has 0 saturated carbocycles. The summed E-state index contributed by atoms with van der Waals surface area (Å²) in [6.45, 7) is 3.43. The van der Waals surface area contributed by atoms with Gasteiger partial charge in [-0.3, -0.25) is 4.79 Å². The molecular weight excluding hydrogens is 260 g/mol. The summed E-state index contributed by atoms with van der Waals surface area (Å²) in [5.41, 5.74) is -0.122. The van der Waals surface area contributed by atoms with Crippen LogP contribution in [0, 0.1) is 0 Å². The lowest BCUT2D eigenvalue weighted by molar-refractivity contribution is -0.154. The fourth-order valence-electron chi connectivity index (χ4n) is 2.30. The Morgan fingerprint density at radius 2 is 2.20 bits per heavy atom. The lowest BCUT2D eigenvalue weighted by atomic mass is 9.87. The van der Waals surface area contributed by atoms with E-state index in [1.54, 1.807) is 19.1 Å². The predicted molar refractivity (Wildman–Crippen MR) is 71.2 cm³/mol. The van der Waals surface area contributed by atoms with E-state index < -0.39 is 23.6 Å². The summed E-state index contributed by atoms with van der Waals surface area (Å²) in [6, 6.07) is 7.10. The number of cyclic esters (lactones) is 1. The minimum atomic E-state index is -1.45. The minimum absolute atomic E-state index is 0.207. The zero-order chi connectivity index (χ0) is 14.8. The van der Waals surface area contributed by atoms with Crippen LogP contribution in [0.15, 0.2) is 24.3 Å². The van der Waals surface area contributed by atoms with Crippen molar-refractivity contribution in [2.75, 3.05) is 6.61 Å². The van der Waals surface area contributed by atoms with Crippen molar-refractivity contribution < 1.29 is 24.2 Å². The monoisotopic (exact) mass is 278 g/mol. The summed E-state index contributed by atoms with van der Waals surface area (Å²) < 4.78 is 10.1. The molecule has 0 saturated heterocycles. The van der Waals surface area contributed by atoms with Crippen LogP contribution >= 0.6 is 0 Å². The largest absolute Gasteiger partial charge is 0.466 e. The summed E-state index contributed by atoms with van der Waals surface area (Å²) in [5.74, 6) is -0.978. The highest BCUT2D eigenvalue weighted by molar-refractivity contribution is 5.92. The predicted octanol–water partition coefficient (Wildman–Crippen LogP) is 1.47. The maximum atomic E-state index is 11.9. The molecule has 0 aliphatic carbocycles. The van der Waals surface area contributed by atoms with Crippen molar-refractivity contribution in [2.45, 2.75) is 38.4 Å². The number of ether oxygens (including phenoxy) is 2. The number of hydrogen-bond donors (Lipinski definition) is 1. The Morgan fingerprint density at radius 1 is 1.50 bits per heavy atom. The molecule has 0 amide bonds. The molecule has 0 radical (unpaired) electrons. The summed E-state index contributed by atoms with van der Waals surface area (Å²) in [5, 5.41) is 10.4. The van der Waals surface area contributed by atoms with Gasteiger partial charge in [0.1, 0.15) is 11.7 Å². The van der Waals surface area contributed by atoms with Crippen LogP contribution in [0.1, 0.15) is 36.2 Å². The van der Waals surface area contributed by atoms with Crippen molar-refractivity contribution in [1.82, 2.24) is 0 Å². The fourth-order valence-corrected chi connectivity index (χ4v) is 2.30. The van der Waals surface area contributed by atoms with Crippen LogP contribution in [0.25, 0.3) is 0 Å². The lowest BCUT2D eigenvalue weighted by Gasteiger charge is -2.34. The number of carbonyl (C=O) groups is 2. The second-order valence-corrected chi connectivity index (χ2v) is 5.09. The molecule has 0 bridgehead atoms. The zero-order valence-electron chi connectivity index (χ0n) is 11.6. The SMILES string of the molecule is CCOC(=O)C[C@](C)(O)[C@H]1Cc2ccccc2C(=O)O1. The first-order valence-corrected chi connectivity index (χ1v) is 6.61. The van der Waals surface area contributed by atoms with E-state index in [0.29, 0.717) is 12.0 Å². The summed E-state index contributed by atoms with van der Waals surface area (Å²) in [6.07, 6.45) is -0.579. The number of esters is 2. The van der Waals surface area contributed by atoms with Gasteiger partial charge in [0.15, 0.2) is 0 Å². The third-order valence-corrected chi connectivity index (χ3v) is 3.39. The quantitative estimate of drug-likeness (QED) is 0.844. The molecule has 5 heteroatoms. The van der Waals surface area contributed by atoms with Gasteiger partial charge in [-0.1, -0.05) is 18.2 Å². The first-order valence-electron chi connectivity index (χ1n) is 6.61. The Morgan fingerprint density at radius 3 is 2.90 bits per heavy atom. The van der Waals surface area contributed by atoms with Gasteiger partial charge in [-0.2, -0.15) is 0 Å². The van der Waals surface area contributed by atoms with Crippen LogP contribution in [0.4, 0.5) is 0 Å². The van der Waals surface area contributed by atoms with Crippen LogP contribution in [-0.4, -0.2) is 35.4 Å². The summed E-state index contributed by atoms with van der Waals surface area (Å²) >= 11 is 0. The molecule has 5 nitrogen and oxygen atoms in total. The number of aliphatic hydroxyl groups is 1. The summed E-state index contributed by atoms with van der Waals surface area (Å²) in [4.78, 5) is 23.4. The Kier molecular flexibility index (Phi) is 4.09. The molecule has 1 aromatic carbocycles. The van der Waals surface area contributed by atoms with Crippen molar-refractivity contribution in [3.05, 3.63) is 35.4 Å². The van der Waals surface area contributed by atoms with Gasteiger partial charge in [0.05, 0.1) is 18.6 Å². The Hall–Kier alpha value is -1.88. The smallest absolute Gasteiger partial charge is 0.338 e. The molecule has 108 valence electrons. The van der Waals surface area contributed by atoms with Gasteiger partial charge < -0.3 is 14.6 Å². The molecule has 0 aromatic heterocycles. The maximum Gasteiger partial charge on any atom is 0.338 e. The van der Waals surface area contributed by atoms with E-state index in [9.17, 15) is 14.7 Å². The number of rotatable bonds is 4. The van der Waals surface area contributed by atoms with Gasteiger partial charge in [-0.15, -0.1) is 0 Å². The number of benzene rings is 1. The average Bonchev–Trinajstić information content (AvgIpc) is 2.38. The van der Waals surface area contributed by atoms with Crippen LogP contribution in [0.2, 0.25) is 0 Å². The molecule has 2 rings (SSSR count). The number of carbonyl (C=O) groups excluding carboxylic acids is 2. The van der Waals surface area contributed by atoms with Gasteiger partial charge in [0.2, 0.25) is 0 Å². The highest BCUT2D eigenvalue weighted by atomic mass is 16.6. The van der Waals surface area contributed by atoms with E-state index in [1.165, 1.54) is 6.92 Å². The first-order chi connectivity index (χ1) is 9.44. The van der Waals surface area contributed by atoms with Crippen LogP contribution < -0.4 is 0 Å². The molecule has 0 unspecified atom stereocenters. The van der Waals surface area contributed by atoms with Gasteiger partial charge in [-0.25, -0.2) is 4.79 Å². The molecule has 0 spiro atoms. The highest BCUT2D eigenvalue weighted by Gasteiger charge is 2.41. The molecule has 0 fully saturated rings. The van der Waals surface area contributed by atoms with Crippen molar-refractivity contribution in [3.8, 4) is 0 Å². The van der Waals surface area contributed by atoms with Crippen LogP contribution in [0.3, 0.4) is 0 Å². The van der Waals surface area contributed by atoms with Gasteiger partial charge in [0.25, 0.3) is 0 Å². The van der Waals surface area contributed by atoms with E-state index in [-0.39, 0.29) is 13.0 Å². The third-order valence-electron chi connectivity index (χ3n) is 3.39. The third kappa shape index (κ3) is 2.99. The summed E-state index contributed by atoms with van der Waals surface area (Å²) in [7, 11) is 0. The average molecular weight is 278 g/mol. The minimum Gasteiger partial charge on any atom is -0.466 e. The zero-order valence-corrected chi connectivity index (χ0v) is 11.6. The normalized spacial score (nSPS) is 20.6. The van der Waals surface area contributed by atoms with Crippen molar-refractivity contribution >= 4 is 11.9 Å². The molecule has 1 aliphatic heterocycles. The van der Waals surface area contributed by atoms with Crippen molar-refractivity contribution in [2.24, 2.45) is 0 Å². The molecule has 2 atom stereocenters. The molecule has 1 N–H and O–H groups in total. The maximum absolute atomic E-state index is 11.9. The number of hydrogen-bond acceptors (Lipinski definition) is 5. The molecule has 1 aromatic rings. The van der Waals surface area contributed by atoms with Gasteiger partial charge in [-0.05, 0) is 25.5 Å². The van der Waals surface area contributed by atoms with Crippen molar-refractivity contribution in [3.63, 3.8) is 0 Å². The van der Waals surface area contributed by atoms with Gasteiger partial charge in [0, 0.05) is 6.42 Å². The Labute approximate surface area is 117 Å². The Balaban J connectivity index is 2.15. The van der Waals surface area contributed by atoms with E-state index in [0.717, 1.165) is 5.56 Å². The van der Waals surface area contributed by atoms with E-state index in [2.05, 4.69) is 0 Å². The Bertz CT molecular complexity index is 521. The van der Waals surface area contributed by atoms with Crippen LogP contribution in [0.5, 0.6) is 0 Å².